The normalized spacial score (nSPS) is 15.2. The molecule has 1 amide bonds. The van der Waals surface area contributed by atoms with Crippen molar-refractivity contribution in [1.82, 2.24) is 15.1 Å². The third-order valence-corrected chi connectivity index (χ3v) is 5.30. The summed E-state index contributed by atoms with van der Waals surface area (Å²) in [6.45, 7) is 2.09. The molecule has 0 saturated carbocycles. The van der Waals surface area contributed by atoms with Crippen molar-refractivity contribution in [2.24, 2.45) is 0 Å². The van der Waals surface area contributed by atoms with E-state index in [9.17, 15) is 13.6 Å². The summed E-state index contributed by atoms with van der Waals surface area (Å²) in [4.78, 5) is 14.0. The molecule has 0 unspecified atom stereocenters. The number of nitrogens with zero attached hydrogens (tertiary/aromatic N) is 3. The van der Waals surface area contributed by atoms with Gasteiger partial charge in [-0.3, -0.25) is 4.79 Å². The van der Waals surface area contributed by atoms with Crippen LogP contribution in [0.1, 0.15) is 16.8 Å². The van der Waals surface area contributed by atoms with E-state index in [1.54, 1.807) is 35.9 Å². The first kappa shape index (κ1) is 20.2. The van der Waals surface area contributed by atoms with Gasteiger partial charge in [0.05, 0.1) is 17.9 Å². The SMILES string of the molecule is Cc1nn(Cc2ccc(F)cc2)c(Cl)c1/C=C1\NC(=S)N(c2ccccc2F)C1=O. The Bertz CT molecular complexity index is 1190. The van der Waals surface area contributed by atoms with Crippen molar-refractivity contribution in [2.45, 2.75) is 13.5 Å². The van der Waals surface area contributed by atoms with Crippen LogP contribution in [0.5, 0.6) is 0 Å². The Labute approximate surface area is 181 Å². The lowest BCUT2D eigenvalue weighted by Gasteiger charge is -2.14. The third kappa shape index (κ3) is 3.71. The number of carbonyl (C=O) groups excluding carboxylic acids is 1. The molecular formula is C21H15ClF2N4OS. The molecular weight excluding hydrogens is 430 g/mol. The lowest BCUT2D eigenvalue weighted by atomic mass is 10.2. The van der Waals surface area contributed by atoms with Gasteiger partial charge < -0.3 is 5.32 Å². The Morgan fingerprint density at radius 3 is 2.57 bits per heavy atom. The number of rotatable bonds is 4. The van der Waals surface area contributed by atoms with Crippen LogP contribution in [0.2, 0.25) is 5.15 Å². The predicted octanol–water partition coefficient (Wildman–Crippen LogP) is 4.43. The summed E-state index contributed by atoms with van der Waals surface area (Å²) in [5.41, 5.74) is 2.18. The largest absolute Gasteiger partial charge is 0.327 e. The van der Waals surface area contributed by atoms with Crippen molar-refractivity contribution in [3.63, 3.8) is 0 Å². The van der Waals surface area contributed by atoms with Crippen molar-refractivity contribution in [1.29, 1.82) is 0 Å². The topological polar surface area (TPSA) is 50.2 Å². The number of hydrogen-bond donors (Lipinski definition) is 1. The number of thiocarbonyl (C=S) groups is 1. The number of amides is 1. The molecule has 2 aromatic carbocycles. The molecule has 0 atom stereocenters. The van der Waals surface area contributed by atoms with Gasteiger partial charge in [-0.05, 0) is 55.0 Å². The molecule has 1 N–H and O–H groups in total. The predicted molar refractivity (Wildman–Crippen MR) is 115 cm³/mol. The van der Waals surface area contributed by atoms with E-state index in [0.717, 1.165) is 10.5 Å². The number of halogens is 3. The summed E-state index contributed by atoms with van der Waals surface area (Å²) >= 11 is 11.7. The van der Waals surface area contributed by atoms with E-state index in [-0.39, 0.29) is 22.3 Å². The fraction of sp³-hybridized carbons (Fsp3) is 0.0952. The molecule has 30 heavy (non-hydrogen) atoms. The molecule has 1 aliphatic heterocycles. The Balaban J connectivity index is 1.64. The van der Waals surface area contributed by atoms with Gasteiger partial charge in [0.2, 0.25) is 0 Å². The molecule has 4 rings (SSSR count). The maximum Gasteiger partial charge on any atom is 0.281 e. The van der Waals surface area contributed by atoms with Crippen molar-refractivity contribution < 1.29 is 13.6 Å². The highest BCUT2D eigenvalue weighted by Crippen LogP contribution is 2.28. The molecule has 152 valence electrons. The number of aryl methyl sites for hydroxylation is 1. The zero-order chi connectivity index (χ0) is 21.4. The Kier molecular flexibility index (Phi) is 5.36. The molecule has 1 saturated heterocycles. The van der Waals surface area contributed by atoms with E-state index in [4.69, 9.17) is 23.8 Å². The Morgan fingerprint density at radius 2 is 1.87 bits per heavy atom. The number of aromatic nitrogens is 2. The van der Waals surface area contributed by atoms with E-state index in [1.807, 2.05) is 0 Å². The number of para-hydroxylation sites is 1. The van der Waals surface area contributed by atoms with Gasteiger partial charge >= 0.3 is 0 Å². The van der Waals surface area contributed by atoms with E-state index < -0.39 is 11.7 Å². The minimum atomic E-state index is -0.558. The van der Waals surface area contributed by atoms with Gasteiger partial charge in [-0.15, -0.1) is 0 Å². The molecule has 5 nitrogen and oxygen atoms in total. The van der Waals surface area contributed by atoms with Crippen LogP contribution < -0.4 is 10.2 Å². The van der Waals surface area contributed by atoms with Crippen molar-refractivity contribution in [2.75, 3.05) is 4.90 Å². The molecule has 0 spiro atoms. The monoisotopic (exact) mass is 444 g/mol. The van der Waals surface area contributed by atoms with Crippen molar-refractivity contribution in [3.8, 4) is 0 Å². The number of anilines is 1. The summed E-state index contributed by atoms with van der Waals surface area (Å²) in [6, 6.07) is 11.9. The van der Waals surface area contributed by atoms with Gasteiger partial charge in [-0.2, -0.15) is 5.10 Å². The molecule has 9 heteroatoms. The molecule has 1 fully saturated rings. The average molecular weight is 445 g/mol. The summed E-state index contributed by atoms with van der Waals surface area (Å²) in [5.74, 6) is -1.38. The van der Waals surface area contributed by atoms with Crippen LogP contribution in [0.25, 0.3) is 6.08 Å². The molecule has 3 aromatic rings. The van der Waals surface area contributed by atoms with Gasteiger partial charge in [0.15, 0.2) is 5.11 Å². The van der Waals surface area contributed by atoms with Gasteiger partial charge in [0.1, 0.15) is 22.5 Å². The second kappa shape index (κ2) is 7.97. The smallest absolute Gasteiger partial charge is 0.281 e. The minimum absolute atomic E-state index is 0.0678. The summed E-state index contributed by atoms with van der Waals surface area (Å²) in [6.07, 6.45) is 1.54. The van der Waals surface area contributed by atoms with E-state index in [1.165, 1.54) is 30.3 Å². The van der Waals surface area contributed by atoms with Crippen LogP contribution in [-0.4, -0.2) is 20.8 Å². The highest BCUT2D eigenvalue weighted by Gasteiger charge is 2.34. The van der Waals surface area contributed by atoms with E-state index in [2.05, 4.69) is 10.4 Å². The average Bonchev–Trinajstić information content (AvgIpc) is 3.14. The van der Waals surface area contributed by atoms with E-state index in [0.29, 0.717) is 23.0 Å². The molecule has 0 radical (unpaired) electrons. The molecule has 2 heterocycles. The summed E-state index contributed by atoms with van der Waals surface area (Å²) in [7, 11) is 0. The quantitative estimate of drug-likeness (QED) is 0.477. The first-order chi connectivity index (χ1) is 14.3. The molecule has 0 bridgehead atoms. The number of carbonyl (C=O) groups is 1. The van der Waals surface area contributed by atoms with Crippen molar-refractivity contribution >= 4 is 46.6 Å². The number of hydrogen-bond acceptors (Lipinski definition) is 3. The van der Waals surface area contributed by atoms with Gasteiger partial charge in [0.25, 0.3) is 5.91 Å². The first-order valence-corrected chi connectivity index (χ1v) is 9.73. The van der Waals surface area contributed by atoms with Gasteiger partial charge in [0, 0.05) is 5.56 Å². The molecule has 1 aromatic heterocycles. The van der Waals surface area contributed by atoms with Crippen LogP contribution in [0, 0.1) is 18.6 Å². The molecule has 0 aliphatic carbocycles. The zero-order valence-corrected chi connectivity index (χ0v) is 17.3. The maximum atomic E-state index is 14.1. The summed E-state index contributed by atoms with van der Waals surface area (Å²) in [5, 5.41) is 7.61. The first-order valence-electron chi connectivity index (χ1n) is 8.94. The lowest BCUT2D eigenvalue weighted by molar-refractivity contribution is -0.113. The van der Waals surface area contributed by atoms with Crippen LogP contribution in [0.3, 0.4) is 0 Å². The Morgan fingerprint density at radius 1 is 1.17 bits per heavy atom. The molecule has 1 aliphatic rings. The zero-order valence-electron chi connectivity index (χ0n) is 15.7. The van der Waals surface area contributed by atoms with Crippen LogP contribution in [0.15, 0.2) is 54.2 Å². The highest BCUT2D eigenvalue weighted by molar-refractivity contribution is 7.80. The number of nitrogens with one attached hydrogen (secondary N) is 1. The Hall–Kier alpha value is -3.10. The fourth-order valence-corrected chi connectivity index (χ4v) is 3.71. The standard InChI is InChI=1S/C21H15ClF2N4OS/c1-12-15(19(22)27(26-12)11-13-6-8-14(23)9-7-13)10-17-20(29)28(21(30)25-17)18-5-3-2-4-16(18)24/h2-10H,11H2,1H3,(H,25,30)/b17-10-. The van der Waals surface area contributed by atoms with E-state index >= 15 is 0 Å². The lowest BCUT2D eigenvalue weighted by Crippen LogP contribution is -2.31. The highest BCUT2D eigenvalue weighted by atomic mass is 35.5. The maximum absolute atomic E-state index is 14.1. The van der Waals surface area contributed by atoms with Crippen LogP contribution in [-0.2, 0) is 11.3 Å². The van der Waals surface area contributed by atoms with Crippen LogP contribution >= 0.6 is 23.8 Å². The minimum Gasteiger partial charge on any atom is -0.327 e. The second-order valence-electron chi connectivity index (χ2n) is 6.65. The van der Waals surface area contributed by atoms with Gasteiger partial charge in [-0.1, -0.05) is 35.9 Å². The number of benzene rings is 2. The second-order valence-corrected chi connectivity index (χ2v) is 7.40. The summed E-state index contributed by atoms with van der Waals surface area (Å²) < 4.78 is 28.8. The van der Waals surface area contributed by atoms with Crippen molar-refractivity contribution in [3.05, 3.63) is 87.8 Å². The van der Waals surface area contributed by atoms with Gasteiger partial charge in [-0.25, -0.2) is 18.4 Å². The third-order valence-electron chi connectivity index (χ3n) is 4.62. The fourth-order valence-electron chi connectivity index (χ4n) is 3.13. The van der Waals surface area contributed by atoms with Crippen LogP contribution in [0.4, 0.5) is 14.5 Å².